The van der Waals surface area contributed by atoms with Gasteiger partial charge in [-0.05, 0) is 38.1 Å². The predicted octanol–water partition coefficient (Wildman–Crippen LogP) is 3.60. The van der Waals surface area contributed by atoms with Gasteiger partial charge in [0, 0.05) is 23.7 Å². The largest absolute Gasteiger partial charge is 0.328 e. The number of hydrogen-bond donors (Lipinski definition) is 0. The molecule has 3 aromatic rings. The summed E-state index contributed by atoms with van der Waals surface area (Å²) in [7, 11) is -3.35. The first-order chi connectivity index (χ1) is 12.7. The van der Waals surface area contributed by atoms with Crippen LogP contribution in [0.3, 0.4) is 0 Å². The highest BCUT2D eigenvalue weighted by Crippen LogP contribution is 2.30. The lowest BCUT2D eigenvalue weighted by Crippen LogP contribution is -2.34. The molecule has 5 nitrogen and oxygen atoms in total. The number of halogens is 1. The van der Waals surface area contributed by atoms with E-state index in [0.29, 0.717) is 28.2 Å². The second-order valence-electron chi connectivity index (χ2n) is 7.35. The summed E-state index contributed by atoms with van der Waals surface area (Å²) in [6.07, 6.45) is 1.59. The molecule has 3 heterocycles. The second-order valence-corrected chi connectivity index (χ2v) is 9.58. The number of para-hydroxylation sites is 1. The molecule has 4 rings (SSSR count). The van der Waals surface area contributed by atoms with Gasteiger partial charge in [-0.3, -0.25) is 9.98 Å². The molecule has 7 heteroatoms. The zero-order valence-electron chi connectivity index (χ0n) is 15.4. The van der Waals surface area contributed by atoms with E-state index < -0.39 is 15.4 Å². The van der Waals surface area contributed by atoms with E-state index >= 15 is 0 Å². The quantitative estimate of drug-likeness (QED) is 0.692. The Morgan fingerprint density at radius 1 is 1.22 bits per heavy atom. The zero-order valence-corrected chi connectivity index (χ0v) is 16.2. The van der Waals surface area contributed by atoms with Crippen LogP contribution in [0.25, 0.3) is 10.9 Å². The highest BCUT2D eigenvalue weighted by molar-refractivity contribution is 7.91. The molecule has 0 amide bonds. The van der Waals surface area contributed by atoms with Crippen molar-refractivity contribution in [3.05, 3.63) is 59.7 Å². The molecule has 0 bridgehead atoms. The Hall–Kier alpha value is -2.54. The molecule has 140 valence electrons. The maximum Gasteiger partial charge on any atom is 0.193 e. The van der Waals surface area contributed by atoms with Crippen LogP contribution < -0.4 is 0 Å². The molecule has 1 aliphatic heterocycles. The third kappa shape index (κ3) is 2.96. The molecule has 1 aliphatic rings. The van der Waals surface area contributed by atoms with Gasteiger partial charge in [-0.1, -0.05) is 19.1 Å². The highest BCUT2D eigenvalue weighted by Gasteiger charge is 2.32. The smallest absolute Gasteiger partial charge is 0.193 e. The number of aromatic nitrogens is 2. The highest BCUT2D eigenvalue weighted by atomic mass is 32.2. The molecule has 0 saturated carbocycles. The number of aliphatic imine (C=N–C) groups is 1. The molecule has 0 atom stereocenters. The van der Waals surface area contributed by atoms with E-state index in [2.05, 4.69) is 4.98 Å². The molecule has 0 unspecified atom stereocenters. The van der Waals surface area contributed by atoms with Crippen LogP contribution in [0, 0.1) is 5.82 Å². The number of benzene rings is 1. The van der Waals surface area contributed by atoms with Gasteiger partial charge in [0.25, 0.3) is 0 Å². The number of sulfone groups is 1. The van der Waals surface area contributed by atoms with Gasteiger partial charge in [0.15, 0.2) is 9.84 Å². The summed E-state index contributed by atoms with van der Waals surface area (Å²) in [6.45, 7) is 6.04. The SMILES string of the molecule is CCS(=O)(=O)c1ccc2n1CC(C)(C)N=C2c1cnc2c(F)cccc2c1. The van der Waals surface area contributed by atoms with Gasteiger partial charge in [-0.15, -0.1) is 0 Å². The van der Waals surface area contributed by atoms with Gasteiger partial charge in [-0.2, -0.15) is 0 Å². The molecule has 2 aromatic heterocycles. The van der Waals surface area contributed by atoms with Crippen molar-refractivity contribution in [3.63, 3.8) is 0 Å². The molecule has 0 radical (unpaired) electrons. The summed E-state index contributed by atoms with van der Waals surface area (Å²) in [6, 6.07) is 10.1. The van der Waals surface area contributed by atoms with E-state index in [-0.39, 0.29) is 11.6 Å². The first-order valence-corrected chi connectivity index (χ1v) is 10.4. The second kappa shape index (κ2) is 5.99. The van der Waals surface area contributed by atoms with E-state index in [1.807, 2.05) is 24.5 Å². The number of nitrogens with zero attached hydrogens (tertiary/aromatic N) is 3. The first-order valence-electron chi connectivity index (χ1n) is 8.79. The Bertz CT molecular complexity index is 1190. The summed E-state index contributed by atoms with van der Waals surface area (Å²) < 4.78 is 40.7. The molecule has 0 aliphatic carbocycles. The van der Waals surface area contributed by atoms with Crippen LogP contribution in [-0.2, 0) is 16.4 Å². The van der Waals surface area contributed by atoms with E-state index in [0.717, 1.165) is 11.3 Å². The lowest BCUT2D eigenvalue weighted by atomic mass is 9.99. The number of fused-ring (bicyclic) bond motifs is 2. The van der Waals surface area contributed by atoms with Gasteiger partial charge in [0.2, 0.25) is 0 Å². The molecule has 0 fully saturated rings. The average Bonchev–Trinajstić information content (AvgIpc) is 3.04. The Balaban J connectivity index is 1.93. The number of rotatable bonds is 3. The summed E-state index contributed by atoms with van der Waals surface area (Å²) in [5.74, 6) is -0.329. The van der Waals surface area contributed by atoms with E-state index in [4.69, 9.17) is 4.99 Å². The van der Waals surface area contributed by atoms with Crippen molar-refractivity contribution in [2.24, 2.45) is 4.99 Å². The van der Waals surface area contributed by atoms with Gasteiger partial charge in [0.05, 0.1) is 22.7 Å². The summed E-state index contributed by atoms with van der Waals surface area (Å²) >= 11 is 0. The van der Waals surface area contributed by atoms with Crippen LogP contribution in [0.5, 0.6) is 0 Å². The van der Waals surface area contributed by atoms with Gasteiger partial charge in [-0.25, -0.2) is 12.8 Å². The van der Waals surface area contributed by atoms with Gasteiger partial charge in [0.1, 0.15) is 16.4 Å². The number of hydrogen-bond acceptors (Lipinski definition) is 4. The zero-order chi connectivity index (χ0) is 19.4. The third-order valence-electron chi connectivity index (χ3n) is 4.78. The Morgan fingerprint density at radius 3 is 2.74 bits per heavy atom. The standard InChI is InChI=1S/C20H20FN3O2S/c1-4-27(25,26)17-9-8-16-19(23-20(2,3)12-24(16)17)14-10-13-6-5-7-15(21)18(13)22-11-14/h5-11H,4,12H2,1-3H3. The lowest BCUT2D eigenvalue weighted by Gasteiger charge is -2.30. The molecule has 0 N–H and O–H groups in total. The number of pyridine rings is 1. The third-order valence-corrected chi connectivity index (χ3v) is 6.53. The fourth-order valence-electron chi connectivity index (χ4n) is 3.49. The molecule has 0 spiro atoms. The van der Waals surface area contributed by atoms with Crippen molar-refractivity contribution < 1.29 is 12.8 Å². The van der Waals surface area contributed by atoms with Gasteiger partial charge >= 0.3 is 0 Å². The summed E-state index contributed by atoms with van der Waals surface area (Å²) in [5, 5.41) is 0.985. The van der Waals surface area contributed by atoms with Crippen molar-refractivity contribution in [2.75, 3.05) is 5.75 Å². The molecule has 27 heavy (non-hydrogen) atoms. The van der Waals surface area contributed by atoms with Crippen LogP contribution >= 0.6 is 0 Å². The normalized spacial score (nSPS) is 16.2. The van der Waals surface area contributed by atoms with E-state index in [9.17, 15) is 12.8 Å². The minimum atomic E-state index is -3.35. The minimum Gasteiger partial charge on any atom is -0.328 e. The minimum absolute atomic E-state index is 0.0418. The lowest BCUT2D eigenvalue weighted by molar-refractivity contribution is 0.406. The monoisotopic (exact) mass is 385 g/mol. The molecular weight excluding hydrogens is 365 g/mol. The fourth-order valence-corrected chi connectivity index (χ4v) is 4.56. The van der Waals surface area contributed by atoms with Crippen LogP contribution in [-0.4, -0.2) is 35.0 Å². The molecule has 0 saturated heterocycles. The Labute approximate surface area is 157 Å². The van der Waals surface area contributed by atoms with E-state index in [1.165, 1.54) is 6.07 Å². The maximum atomic E-state index is 13.9. The van der Waals surface area contributed by atoms with Crippen LogP contribution in [0.1, 0.15) is 32.0 Å². The van der Waals surface area contributed by atoms with Crippen LogP contribution in [0.15, 0.2) is 52.6 Å². The predicted molar refractivity (Wildman–Crippen MR) is 104 cm³/mol. The maximum absolute atomic E-state index is 13.9. The summed E-state index contributed by atoms with van der Waals surface area (Å²) in [5.41, 5.74) is 1.97. The van der Waals surface area contributed by atoms with Crippen molar-refractivity contribution in [3.8, 4) is 0 Å². The van der Waals surface area contributed by atoms with Crippen LogP contribution in [0.4, 0.5) is 4.39 Å². The van der Waals surface area contributed by atoms with Crippen molar-refractivity contribution in [1.29, 1.82) is 0 Å². The van der Waals surface area contributed by atoms with Gasteiger partial charge < -0.3 is 4.57 Å². The fraction of sp³-hybridized carbons (Fsp3) is 0.300. The van der Waals surface area contributed by atoms with E-state index in [1.54, 1.807) is 37.4 Å². The van der Waals surface area contributed by atoms with Crippen molar-refractivity contribution >= 4 is 26.5 Å². The average molecular weight is 385 g/mol. The Morgan fingerprint density at radius 2 is 2.00 bits per heavy atom. The topological polar surface area (TPSA) is 64.3 Å². The van der Waals surface area contributed by atoms with Crippen LogP contribution in [0.2, 0.25) is 0 Å². The van der Waals surface area contributed by atoms with Crippen molar-refractivity contribution in [1.82, 2.24) is 9.55 Å². The van der Waals surface area contributed by atoms with Crippen molar-refractivity contribution in [2.45, 2.75) is 37.9 Å². The summed E-state index contributed by atoms with van der Waals surface area (Å²) in [4.78, 5) is 9.11. The molecule has 1 aromatic carbocycles. The first kappa shape index (κ1) is 17.9. The molecular formula is C20H20FN3O2S. The Kier molecular flexibility index (Phi) is 3.96.